The minimum atomic E-state index is -0.629. The van der Waals surface area contributed by atoms with E-state index in [0.717, 1.165) is 6.42 Å². The van der Waals surface area contributed by atoms with Crippen molar-refractivity contribution in [1.82, 2.24) is 5.32 Å². The summed E-state index contributed by atoms with van der Waals surface area (Å²) in [6, 6.07) is 2.45. The Kier molecular flexibility index (Phi) is 3.54. The van der Waals surface area contributed by atoms with Gasteiger partial charge in [0.05, 0.1) is 7.11 Å². The van der Waals surface area contributed by atoms with Gasteiger partial charge in [-0.15, -0.1) is 11.3 Å². The number of carbonyl (C=O) groups excluding carboxylic acids is 1. The van der Waals surface area contributed by atoms with Crippen LogP contribution >= 0.6 is 11.3 Å². The number of ether oxygens (including phenoxy) is 1. The molecule has 0 bridgehead atoms. The van der Waals surface area contributed by atoms with E-state index in [0.29, 0.717) is 0 Å². The van der Waals surface area contributed by atoms with E-state index in [1.54, 1.807) is 0 Å². The van der Waals surface area contributed by atoms with Crippen molar-refractivity contribution >= 4 is 17.3 Å². The van der Waals surface area contributed by atoms with Crippen LogP contribution in [0.4, 0.5) is 0 Å². The minimum Gasteiger partial charge on any atom is -0.468 e. The predicted molar refractivity (Wildman–Crippen MR) is 69.2 cm³/mol. The van der Waals surface area contributed by atoms with E-state index < -0.39 is 5.54 Å². The van der Waals surface area contributed by atoms with E-state index in [4.69, 9.17) is 4.74 Å². The van der Waals surface area contributed by atoms with Gasteiger partial charge in [-0.3, -0.25) is 10.1 Å². The fourth-order valence-electron chi connectivity index (χ4n) is 2.39. The quantitative estimate of drug-likeness (QED) is 0.842. The molecule has 0 aromatic carbocycles. The molecular formula is C13H19NO2S. The number of rotatable bonds is 3. The molecule has 3 nitrogen and oxygen atoms in total. The molecule has 94 valence electrons. The smallest absolute Gasteiger partial charge is 0.325 e. The van der Waals surface area contributed by atoms with Crippen molar-refractivity contribution < 1.29 is 9.53 Å². The lowest BCUT2D eigenvalue weighted by Gasteiger charge is -2.32. The summed E-state index contributed by atoms with van der Waals surface area (Å²) in [6.07, 6.45) is 3.44. The third kappa shape index (κ3) is 2.53. The Labute approximate surface area is 106 Å². The number of carbonyl (C=O) groups is 1. The zero-order chi connectivity index (χ0) is 12.5. The summed E-state index contributed by atoms with van der Waals surface area (Å²) in [5.74, 6) is -0.208. The highest BCUT2D eigenvalue weighted by Crippen LogP contribution is 2.34. The summed E-state index contributed by atoms with van der Waals surface area (Å²) >= 11 is 1.81. The van der Waals surface area contributed by atoms with Crippen molar-refractivity contribution in [2.45, 2.75) is 44.7 Å². The number of methoxy groups -OCH3 is 1. The number of thiophene rings is 1. The summed E-state index contributed by atoms with van der Waals surface area (Å²) < 4.78 is 4.83. The molecular weight excluding hydrogens is 234 g/mol. The maximum absolute atomic E-state index is 11.7. The van der Waals surface area contributed by atoms with Crippen LogP contribution in [0.3, 0.4) is 0 Å². The number of esters is 1. The average Bonchev–Trinajstić information content (AvgIpc) is 2.76. The van der Waals surface area contributed by atoms with Crippen molar-refractivity contribution in [3.63, 3.8) is 0 Å². The molecule has 1 unspecified atom stereocenters. The fraction of sp³-hybridized carbons (Fsp3) is 0.615. The van der Waals surface area contributed by atoms with Crippen LogP contribution in [0.1, 0.15) is 43.2 Å². The van der Waals surface area contributed by atoms with Gasteiger partial charge >= 0.3 is 5.97 Å². The van der Waals surface area contributed by atoms with Crippen LogP contribution in [0.25, 0.3) is 0 Å². The minimum absolute atomic E-state index is 0.208. The van der Waals surface area contributed by atoms with Crippen LogP contribution in [-0.4, -0.2) is 18.6 Å². The third-order valence-electron chi connectivity index (χ3n) is 3.28. The van der Waals surface area contributed by atoms with E-state index in [1.807, 2.05) is 25.2 Å². The lowest BCUT2D eigenvalue weighted by molar-refractivity contribution is -0.147. The van der Waals surface area contributed by atoms with Gasteiger partial charge in [0.25, 0.3) is 0 Å². The van der Waals surface area contributed by atoms with Crippen molar-refractivity contribution in [3.05, 3.63) is 21.9 Å². The molecule has 0 fully saturated rings. The highest BCUT2D eigenvalue weighted by Gasteiger charge is 2.33. The van der Waals surface area contributed by atoms with Crippen LogP contribution in [-0.2, 0) is 16.0 Å². The van der Waals surface area contributed by atoms with Gasteiger partial charge in [0, 0.05) is 10.9 Å². The molecule has 1 atom stereocenters. The van der Waals surface area contributed by atoms with Crippen LogP contribution in [0.5, 0.6) is 0 Å². The predicted octanol–water partition coefficient (Wildman–Crippen LogP) is 2.67. The molecule has 2 rings (SSSR count). The Bertz CT molecular complexity index is 411. The molecule has 1 heterocycles. The fourth-order valence-corrected chi connectivity index (χ4v) is 3.37. The monoisotopic (exact) mass is 253 g/mol. The first-order valence-electron chi connectivity index (χ1n) is 5.97. The lowest BCUT2D eigenvalue weighted by Crippen LogP contribution is -2.49. The average molecular weight is 253 g/mol. The Balaban J connectivity index is 2.14. The summed E-state index contributed by atoms with van der Waals surface area (Å²) in [5, 5.41) is 5.56. The first-order chi connectivity index (χ1) is 8.04. The maximum atomic E-state index is 11.7. The molecule has 17 heavy (non-hydrogen) atoms. The summed E-state index contributed by atoms with van der Waals surface area (Å²) in [6.45, 7) is 3.75. The second-order valence-corrected chi connectivity index (χ2v) is 6.01. The van der Waals surface area contributed by atoms with Crippen LogP contribution in [0, 0.1) is 0 Å². The topological polar surface area (TPSA) is 38.3 Å². The van der Waals surface area contributed by atoms with Gasteiger partial charge in [-0.1, -0.05) is 0 Å². The van der Waals surface area contributed by atoms with Gasteiger partial charge in [0.1, 0.15) is 5.54 Å². The van der Waals surface area contributed by atoms with Crippen molar-refractivity contribution in [2.24, 2.45) is 0 Å². The van der Waals surface area contributed by atoms with Gasteiger partial charge < -0.3 is 4.74 Å². The number of aryl methyl sites for hydroxylation is 1. The molecule has 1 N–H and O–H groups in total. The molecule has 1 aromatic heterocycles. The Morgan fingerprint density at radius 1 is 1.59 bits per heavy atom. The normalized spacial score (nSPS) is 19.8. The highest BCUT2D eigenvalue weighted by molar-refractivity contribution is 7.10. The summed E-state index contributed by atoms with van der Waals surface area (Å²) in [4.78, 5) is 13.1. The van der Waals surface area contributed by atoms with Crippen molar-refractivity contribution in [2.75, 3.05) is 7.11 Å². The van der Waals surface area contributed by atoms with Gasteiger partial charge in [0.2, 0.25) is 0 Å². The molecule has 0 saturated carbocycles. The first kappa shape index (κ1) is 12.6. The zero-order valence-corrected chi connectivity index (χ0v) is 11.4. The van der Waals surface area contributed by atoms with Gasteiger partial charge in [-0.05, 0) is 50.1 Å². The van der Waals surface area contributed by atoms with E-state index in [1.165, 1.54) is 30.4 Å². The molecule has 1 aromatic rings. The Morgan fingerprint density at radius 3 is 3.06 bits per heavy atom. The molecule has 1 aliphatic carbocycles. The van der Waals surface area contributed by atoms with Crippen molar-refractivity contribution in [3.8, 4) is 0 Å². The van der Waals surface area contributed by atoms with E-state index in [9.17, 15) is 4.79 Å². The zero-order valence-electron chi connectivity index (χ0n) is 10.6. The van der Waals surface area contributed by atoms with Gasteiger partial charge in [-0.25, -0.2) is 0 Å². The number of hydrogen-bond acceptors (Lipinski definition) is 4. The molecule has 1 aliphatic rings. The van der Waals surface area contributed by atoms with E-state index >= 15 is 0 Å². The standard InChI is InChI=1S/C13H19NO2S/c1-13(2,12(15)16-3)14-10-5-4-6-11-9(10)7-8-17-11/h7-8,10,14H,4-6H2,1-3H3. The molecule has 0 radical (unpaired) electrons. The highest BCUT2D eigenvalue weighted by atomic mass is 32.1. The second-order valence-electron chi connectivity index (χ2n) is 5.00. The SMILES string of the molecule is COC(=O)C(C)(C)NC1CCCc2sccc21. The van der Waals surface area contributed by atoms with Crippen LogP contribution in [0.15, 0.2) is 11.4 Å². The van der Waals surface area contributed by atoms with Gasteiger partial charge in [-0.2, -0.15) is 0 Å². The Hall–Kier alpha value is -0.870. The number of nitrogens with one attached hydrogen (secondary N) is 1. The summed E-state index contributed by atoms with van der Waals surface area (Å²) in [7, 11) is 1.43. The van der Waals surface area contributed by atoms with Crippen molar-refractivity contribution in [1.29, 1.82) is 0 Å². The molecule has 0 saturated heterocycles. The molecule has 4 heteroatoms. The molecule has 0 aliphatic heterocycles. The lowest BCUT2D eigenvalue weighted by atomic mass is 9.91. The van der Waals surface area contributed by atoms with E-state index in [-0.39, 0.29) is 12.0 Å². The van der Waals surface area contributed by atoms with Crippen LogP contribution in [0.2, 0.25) is 0 Å². The largest absolute Gasteiger partial charge is 0.468 e. The van der Waals surface area contributed by atoms with Gasteiger partial charge in [0.15, 0.2) is 0 Å². The molecule has 0 amide bonds. The second kappa shape index (κ2) is 4.78. The van der Waals surface area contributed by atoms with E-state index in [2.05, 4.69) is 16.8 Å². The third-order valence-corrected chi connectivity index (χ3v) is 4.28. The molecule has 0 spiro atoms. The Morgan fingerprint density at radius 2 is 2.35 bits per heavy atom. The number of fused-ring (bicyclic) bond motifs is 1. The number of hydrogen-bond donors (Lipinski definition) is 1. The maximum Gasteiger partial charge on any atom is 0.325 e. The first-order valence-corrected chi connectivity index (χ1v) is 6.85. The summed E-state index contributed by atoms with van der Waals surface area (Å²) in [5.41, 5.74) is 0.730. The van der Waals surface area contributed by atoms with Crippen LogP contribution < -0.4 is 5.32 Å².